The van der Waals surface area contributed by atoms with E-state index in [9.17, 15) is 15.0 Å². The number of hydrogen-bond acceptors (Lipinski definition) is 6. The molecule has 1 aromatic carbocycles. The van der Waals surface area contributed by atoms with Gasteiger partial charge in [-0.2, -0.15) is 0 Å². The van der Waals surface area contributed by atoms with Crippen molar-refractivity contribution < 1.29 is 24.6 Å². The van der Waals surface area contributed by atoms with Gasteiger partial charge in [-0.05, 0) is 37.5 Å². The van der Waals surface area contributed by atoms with E-state index in [1.807, 2.05) is 24.3 Å². The van der Waals surface area contributed by atoms with E-state index in [0.717, 1.165) is 18.9 Å². The minimum absolute atomic E-state index is 0.0305. The Morgan fingerprint density at radius 1 is 1.20 bits per heavy atom. The van der Waals surface area contributed by atoms with Gasteiger partial charge >= 0.3 is 5.97 Å². The van der Waals surface area contributed by atoms with E-state index >= 15 is 0 Å². The lowest BCUT2D eigenvalue weighted by molar-refractivity contribution is 0.0343. The second-order valence-electron chi connectivity index (χ2n) is 5.84. The molecule has 2 N–H and O–H groups in total. The first-order valence-electron chi connectivity index (χ1n) is 8.18. The number of benzene rings is 1. The number of esters is 1. The average molecular weight is 345 g/mol. The van der Waals surface area contributed by atoms with E-state index in [2.05, 4.69) is 5.16 Å². The molecule has 0 saturated carbocycles. The van der Waals surface area contributed by atoms with Crippen molar-refractivity contribution in [1.82, 2.24) is 0 Å². The molecule has 0 aromatic heterocycles. The Balaban J connectivity index is 2.46. The third-order valence-electron chi connectivity index (χ3n) is 3.72. The molecule has 6 heteroatoms. The molecule has 6 nitrogen and oxygen atoms in total. The van der Waals surface area contributed by atoms with Crippen LogP contribution < -0.4 is 0 Å². The fourth-order valence-electron chi connectivity index (χ4n) is 2.59. The van der Waals surface area contributed by atoms with Gasteiger partial charge < -0.3 is 19.8 Å². The summed E-state index contributed by atoms with van der Waals surface area (Å²) in [6.45, 7) is 1.79. The summed E-state index contributed by atoms with van der Waals surface area (Å²) in [7, 11) is 1.44. The first-order chi connectivity index (χ1) is 12.0. The van der Waals surface area contributed by atoms with Gasteiger partial charge in [0, 0.05) is 18.9 Å². The fraction of sp³-hybridized carbons (Fsp3) is 0.368. The third kappa shape index (κ3) is 5.38. The third-order valence-corrected chi connectivity index (χ3v) is 3.72. The van der Waals surface area contributed by atoms with Crippen molar-refractivity contribution >= 4 is 11.7 Å². The zero-order valence-electron chi connectivity index (χ0n) is 14.4. The van der Waals surface area contributed by atoms with Crippen molar-refractivity contribution in [3.63, 3.8) is 0 Å². The highest BCUT2D eigenvalue weighted by Crippen LogP contribution is 2.29. The number of rotatable bonds is 1. The van der Waals surface area contributed by atoms with E-state index < -0.39 is 5.97 Å². The van der Waals surface area contributed by atoms with Crippen molar-refractivity contribution in [3.05, 3.63) is 47.6 Å². The summed E-state index contributed by atoms with van der Waals surface area (Å²) in [5, 5.41) is 23.9. The predicted molar refractivity (Wildman–Crippen MR) is 94.9 cm³/mol. The lowest BCUT2D eigenvalue weighted by Crippen LogP contribution is -2.17. The molecule has 1 aliphatic rings. The van der Waals surface area contributed by atoms with Crippen LogP contribution in [0.4, 0.5) is 0 Å². The number of ether oxygens (including phenoxy) is 1. The summed E-state index contributed by atoms with van der Waals surface area (Å²) in [5.74, 6) is -1.09. The van der Waals surface area contributed by atoms with Crippen LogP contribution in [-0.4, -0.2) is 35.1 Å². The summed E-state index contributed by atoms with van der Waals surface area (Å²) >= 11 is 0. The minimum Gasteiger partial charge on any atom is -0.508 e. The molecular formula is C19H23NO5. The molecule has 1 atom stereocenters. The second kappa shape index (κ2) is 8.92. The molecule has 0 fully saturated rings. The highest BCUT2D eigenvalue weighted by atomic mass is 16.6. The minimum atomic E-state index is -0.633. The van der Waals surface area contributed by atoms with Gasteiger partial charge in [0.25, 0.3) is 0 Å². The number of allylic oxidation sites excluding steroid dienone is 3. The molecule has 0 saturated heterocycles. The Bertz CT molecular complexity index is 706. The van der Waals surface area contributed by atoms with Gasteiger partial charge in [-0.15, -0.1) is 0 Å². The van der Waals surface area contributed by atoms with Crippen molar-refractivity contribution in [2.24, 2.45) is 5.16 Å². The molecular weight excluding hydrogens is 322 g/mol. The Labute approximate surface area is 147 Å². The monoisotopic (exact) mass is 345 g/mol. The maximum atomic E-state index is 12.5. The van der Waals surface area contributed by atoms with Crippen LogP contribution in [0.15, 0.2) is 41.6 Å². The van der Waals surface area contributed by atoms with Gasteiger partial charge in [0.1, 0.15) is 30.3 Å². The quantitative estimate of drug-likeness (QED) is 0.462. The molecule has 0 aliphatic carbocycles. The topological polar surface area (TPSA) is 88.4 Å². The van der Waals surface area contributed by atoms with E-state index in [-0.39, 0.29) is 29.6 Å². The lowest BCUT2D eigenvalue weighted by atomic mass is 9.99. The van der Waals surface area contributed by atoms with E-state index in [4.69, 9.17) is 9.57 Å². The summed E-state index contributed by atoms with van der Waals surface area (Å²) in [6.07, 6.45) is 9.98. The van der Waals surface area contributed by atoms with Crippen LogP contribution in [-0.2, 0) is 16.0 Å². The molecule has 1 unspecified atom stereocenters. The van der Waals surface area contributed by atoms with Gasteiger partial charge in [-0.1, -0.05) is 23.4 Å². The Morgan fingerprint density at radius 2 is 1.96 bits per heavy atom. The number of carbonyl (C=O) groups is 1. The first-order valence-corrected chi connectivity index (χ1v) is 8.18. The van der Waals surface area contributed by atoms with Gasteiger partial charge in [0.05, 0.1) is 5.71 Å². The molecule has 0 amide bonds. The highest BCUT2D eigenvalue weighted by Gasteiger charge is 2.22. The van der Waals surface area contributed by atoms with Gasteiger partial charge in [-0.3, -0.25) is 0 Å². The number of carbonyl (C=O) groups excluding carboxylic acids is 1. The van der Waals surface area contributed by atoms with Crippen LogP contribution in [0, 0.1) is 0 Å². The van der Waals surface area contributed by atoms with Crippen LogP contribution in [0.3, 0.4) is 0 Å². The molecule has 0 spiro atoms. The van der Waals surface area contributed by atoms with Crippen LogP contribution in [0.5, 0.6) is 11.5 Å². The number of cyclic esters (lactones) is 1. The molecule has 0 radical (unpaired) electrons. The fourth-order valence-corrected chi connectivity index (χ4v) is 2.59. The Morgan fingerprint density at radius 3 is 2.72 bits per heavy atom. The summed E-state index contributed by atoms with van der Waals surface area (Å²) < 4.78 is 5.42. The highest BCUT2D eigenvalue weighted by molar-refractivity contribution is 6.00. The van der Waals surface area contributed by atoms with E-state index in [1.165, 1.54) is 13.2 Å². The van der Waals surface area contributed by atoms with Crippen molar-refractivity contribution in [1.29, 1.82) is 0 Å². The Hall–Kier alpha value is -2.76. The lowest BCUT2D eigenvalue weighted by Gasteiger charge is -2.15. The summed E-state index contributed by atoms with van der Waals surface area (Å²) in [4.78, 5) is 17.4. The standard InChI is InChI=1S/C19H23NO5/c1-13-8-6-4-3-5-7-9-15(20-24-2)10-14-11-16(21)12-17(22)18(14)19(23)25-13/h4,6-7,9,11-13,21-22H,3,5,8,10H2,1-2H3. The molecule has 25 heavy (non-hydrogen) atoms. The van der Waals surface area contributed by atoms with Crippen molar-refractivity contribution in [2.75, 3.05) is 7.11 Å². The van der Waals surface area contributed by atoms with Crippen LogP contribution in [0.25, 0.3) is 0 Å². The molecule has 1 heterocycles. The molecule has 1 aliphatic heterocycles. The Kier molecular flexibility index (Phi) is 6.62. The van der Waals surface area contributed by atoms with Crippen LogP contribution in [0.2, 0.25) is 0 Å². The summed E-state index contributed by atoms with van der Waals surface area (Å²) in [6, 6.07) is 2.54. The number of fused-ring (bicyclic) bond motifs is 1. The number of aromatic hydroxyl groups is 2. The maximum absolute atomic E-state index is 12.5. The maximum Gasteiger partial charge on any atom is 0.342 e. The van der Waals surface area contributed by atoms with Gasteiger partial charge in [0.2, 0.25) is 0 Å². The number of phenolic OH excluding ortho intramolecular Hbond substituents is 2. The number of oxime groups is 1. The average Bonchev–Trinajstić information content (AvgIpc) is 2.52. The summed E-state index contributed by atoms with van der Waals surface area (Å²) in [5.41, 5.74) is 1.02. The van der Waals surface area contributed by atoms with E-state index in [1.54, 1.807) is 6.92 Å². The number of nitrogens with zero attached hydrogens (tertiary/aromatic N) is 1. The molecule has 0 bridgehead atoms. The smallest absolute Gasteiger partial charge is 0.342 e. The predicted octanol–water partition coefficient (Wildman–Crippen LogP) is 3.48. The number of hydrogen-bond donors (Lipinski definition) is 2. The largest absolute Gasteiger partial charge is 0.508 e. The zero-order valence-corrected chi connectivity index (χ0v) is 14.4. The van der Waals surface area contributed by atoms with Crippen LogP contribution >= 0.6 is 0 Å². The van der Waals surface area contributed by atoms with Crippen LogP contribution in [0.1, 0.15) is 42.1 Å². The molecule has 134 valence electrons. The normalized spacial score (nSPS) is 20.6. The zero-order chi connectivity index (χ0) is 18.2. The van der Waals surface area contributed by atoms with Gasteiger partial charge in [-0.25, -0.2) is 4.79 Å². The van der Waals surface area contributed by atoms with Crippen molar-refractivity contribution in [3.8, 4) is 11.5 Å². The second-order valence-corrected chi connectivity index (χ2v) is 5.84. The first kappa shape index (κ1) is 18.6. The SMILES string of the molecule is CON=C1C=CCCC=CCC(C)OC(=O)c2c(O)cc(O)cc2C1. The molecule has 2 rings (SSSR count). The molecule has 1 aromatic rings. The van der Waals surface area contributed by atoms with Gasteiger partial charge in [0.15, 0.2) is 0 Å². The number of phenols is 2. The van der Waals surface area contributed by atoms with Crippen molar-refractivity contribution in [2.45, 2.75) is 38.7 Å². The van der Waals surface area contributed by atoms with E-state index in [0.29, 0.717) is 17.7 Å².